The van der Waals surface area contributed by atoms with Gasteiger partial charge in [-0.2, -0.15) is 0 Å². The summed E-state index contributed by atoms with van der Waals surface area (Å²) in [5.41, 5.74) is 0.589. The van der Waals surface area contributed by atoms with Gasteiger partial charge in [0.1, 0.15) is 12.0 Å². The Balaban J connectivity index is 1.54. The Morgan fingerprint density at radius 1 is 1.24 bits per heavy atom. The first-order valence-corrected chi connectivity index (χ1v) is 7.99. The largest absolute Gasteiger partial charge is 0.321 e. The van der Waals surface area contributed by atoms with Crippen LogP contribution in [0.3, 0.4) is 0 Å². The van der Waals surface area contributed by atoms with Crippen molar-refractivity contribution < 1.29 is 9.18 Å². The molecule has 4 unspecified atom stereocenters. The highest BCUT2D eigenvalue weighted by molar-refractivity contribution is 5.81. The zero-order valence-corrected chi connectivity index (χ0v) is 12.1. The summed E-state index contributed by atoms with van der Waals surface area (Å²) in [6.07, 6.45) is 4.97. The van der Waals surface area contributed by atoms with Crippen LogP contribution in [-0.2, 0) is 4.79 Å². The molecule has 3 aliphatic rings. The van der Waals surface area contributed by atoms with Crippen LogP contribution in [0.1, 0.15) is 37.4 Å². The van der Waals surface area contributed by atoms with Gasteiger partial charge in [0.05, 0.1) is 6.54 Å². The maximum atomic E-state index is 14.0. The van der Waals surface area contributed by atoms with Gasteiger partial charge in [-0.3, -0.25) is 10.1 Å². The van der Waals surface area contributed by atoms with Crippen LogP contribution in [0.25, 0.3) is 0 Å². The third-order valence-corrected chi connectivity index (χ3v) is 5.59. The number of carbonyl (C=O) groups excluding carboxylic acids is 1. The Morgan fingerprint density at radius 2 is 2.10 bits per heavy atom. The third kappa shape index (κ3) is 2.26. The standard InChI is InChI=1S/C17H21FN2O/c18-15-4-2-1-3-14(15)17-19-9-16(21)20(17)10-13-8-11-5-6-12(13)7-11/h1-4,11-13,17,19H,5-10H2. The van der Waals surface area contributed by atoms with Crippen molar-refractivity contribution in [2.24, 2.45) is 17.8 Å². The minimum absolute atomic E-state index is 0.103. The van der Waals surface area contributed by atoms with Crippen LogP contribution >= 0.6 is 0 Å². The van der Waals surface area contributed by atoms with E-state index in [1.165, 1.54) is 31.7 Å². The number of hydrogen-bond donors (Lipinski definition) is 1. The van der Waals surface area contributed by atoms with Crippen molar-refractivity contribution >= 4 is 5.91 Å². The van der Waals surface area contributed by atoms with Gasteiger partial charge >= 0.3 is 0 Å². The summed E-state index contributed by atoms with van der Waals surface area (Å²) >= 11 is 0. The van der Waals surface area contributed by atoms with Gasteiger partial charge in [-0.05, 0) is 43.1 Å². The van der Waals surface area contributed by atoms with E-state index in [1.807, 2.05) is 11.0 Å². The molecule has 1 aromatic carbocycles. The van der Waals surface area contributed by atoms with Gasteiger partial charge in [0.15, 0.2) is 0 Å². The lowest BCUT2D eigenvalue weighted by Gasteiger charge is -2.31. The van der Waals surface area contributed by atoms with Crippen LogP contribution in [-0.4, -0.2) is 23.9 Å². The molecular weight excluding hydrogens is 267 g/mol. The van der Waals surface area contributed by atoms with Crippen LogP contribution in [0.4, 0.5) is 4.39 Å². The molecule has 2 saturated carbocycles. The first-order chi connectivity index (χ1) is 10.2. The van der Waals surface area contributed by atoms with Crippen molar-refractivity contribution in [3.8, 4) is 0 Å². The number of amides is 1. The number of carbonyl (C=O) groups is 1. The quantitative estimate of drug-likeness (QED) is 0.927. The van der Waals surface area contributed by atoms with E-state index < -0.39 is 0 Å². The lowest BCUT2D eigenvalue weighted by atomic mass is 9.88. The molecule has 4 rings (SSSR count). The molecule has 2 bridgehead atoms. The molecule has 3 fully saturated rings. The predicted octanol–water partition coefficient (Wildman–Crippen LogP) is 2.69. The number of nitrogens with zero attached hydrogens (tertiary/aromatic N) is 1. The Hall–Kier alpha value is -1.42. The van der Waals surface area contributed by atoms with E-state index in [9.17, 15) is 9.18 Å². The van der Waals surface area contributed by atoms with E-state index in [-0.39, 0.29) is 17.9 Å². The van der Waals surface area contributed by atoms with Crippen molar-refractivity contribution in [3.05, 3.63) is 35.6 Å². The van der Waals surface area contributed by atoms with Crippen molar-refractivity contribution in [2.45, 2.75) is 31.8 Å². The summed E-state index contributed by atoms with van der Waals surface area (Å²) in [7, 11) is 0. The molecule has 4 heteroatoms. The highest BCUT2D eigenvalue weighted by Crippen LogP contribution is 2.49. The molecular formula is C17H21FN2O. The number of hydrogen-bond acceptors (Lipinski definition) is 2. The number of rotatable bonds is 3. The number of halogens is 1. The maximum Gasteiger partial charge on any atom is 0.238 e. The van der Waals surface area contributed by atoms with Crippen LogP contribution in [0.15, 0.2) is 24.3 Å². The minimum atomic E-state index is -0.294. The monoisotopic (exact) mass is 288 g/mol. The van der Waals surface area contributed by atoms with Crippen molar-refractivity contribution in [3.63, 3.8) is 0 Å². The lowest BCUT2D eigenvalue weighted by molar-refractivity contribution is -0.129. The highest BCUT2D eigenvalue weighted by Gasteiger charge is 2.43. The van der Waals surface area contributed by atoms with E-state index >= 15 is 0 Å². The molecule has 112 valence electrons. The molecule has 2 aliphatic carbocycles. The SMILES string of the molecule is O=C1CNC(c2ccccc2F)N1CC1CC2CCC1C2. The Kier molecular flexibility index (Phi) is 3.21. The van der Waals surface area contributed by atoms with Crippen molar-refractivity contribution in [1.29, 1.82) is 0 Å². The van der Waals surface area contributed by atoms with E-state index in [2.05, 4.69) is 5.32 Å². The Bertz CT molecular complexity index is 561. The zero-order chi connectivity index (χ0) is 14.4. The summed E-state index contributed by atoms with van der Waals surface area (Å²) in [6.45, 7) is 1.10. The zero-order valence-electron chi connectivity index (χ0n) is 12.1. The van der Waals surface area contributed by atoms with Crippen LogP contribution in [0, 0.1) is 23.6 Å². The molecule has 1 saturated heterocycles. The van der Waals surface area contributed by atoms with Gasteiger partial charge in [0.25, 0.3) is 0 Å². The van der Waals surface area contributed by atoms with Gasteiger partial charge in [-0.15, -0.1) is 0 Å². The molecule has 1 aromatic rings. The van der Waals surface area contributed by atoms with Gasteiger partial charge in [-0.25, -0.2) is 4.39 Å². The van der Waals surface area contributed by atoms with Crippen LogP contribution < -0.4 is 5.32 Å². The summed E-state index contributed by atoms with van der Waals surface area (Å²) < 4.78 is 14.0. The summed E-state index contributed by atoms with van der Waals surface area (Å²) in [5, 5.41) is 3.17. The molecule has 0 radical (unpaired) electrons. The smallest absolute Gasteiger partial charge is 0.238 e. The minimum Gasteiger partial charge on any atom is -0.321 e. The highest BCUT2D eigenvalue weighted by atomic mass is 19.1. The number of benzene rings is 1. The fraction of sp³-hybridized carbons (Fsp3) is 0.588. The van der Waals surface area contributed by atoms with Gasteiger partial charge in [-0.1, -0.05) is 24.6 Å². The molecule has 21 heavy (non-hydrogen) atoms. The second-order valence-electron chi connectivity index (χ2n) is 6.79. The summed E-state index contributed by atoms with van der Waals surface area (Å²) in [4.78, 5) is 14.1. The van der Waals surface area contributed by atoms with E-state index in [0.717, 1.165) is 18.4 Å². The van der Waals surface area contributed by atoms with Crippen LogP contribution in [0.2, 0.25) is 0 Å². The molecule has 1 heterocycles. The fourth-order valence-corrected chi connectivity index (χ4v) is 4.57. The second kappa shape index (κ2) is 5.09. The topological polar surface area (TPSA) is 32.3 Å². The average molecular weight is 288 g/mol. The normalized spacial score (nSPS) is 34.9. The molecule has 0 aromatic heterocycles. The fourth-order valence-electron chi connectivity index (χ4n) is 4.57. The number of fused-ring (bicyclic) bond motifs is 2. The van der Waals surface area contributed by atoms with E-state index in [0.29, 0.717) is 18.0 Å². The van der Waals surface area contributed by atoms with Crippen molar-refractivity contribution in [1.82, 2.24) is 10.2 Å². The average Bonchev–Trinajstić information content (AvgIpc) is 3.17. The van der Waals surface area contributed by atoms with Gasteiger partial charge in [0, 0.05) is 12.1 Å². The second-order valence-corrected chi connectivity index (χ2v) is 6.79. The van der Waals surface area contributed by atoms with Crippen LogP contribution in [0.5, 0.6) is 0 Å². The molecule has 4 atom stereocenters. The van der Waals surface area contributed by atoms with Gasteiger partial charge < -0.3 is 4.90 Å². The molecule has 1 aliphatic heterocycles. The Morgan fingerprint density at radius 3 is 2.81 bits per heavy atom. The van der Waals surface area contributed by atoms with Gasteiger partial charge in [0.2, 0.25) is 5.91 Å². The molecule has 0 spiro atoms. The lowest BCUT2D eigenvalue weighted by Crippen LogP contribution is -2.36. The predicted molar refractivity (Wildman–Crippen MR) is 77.8 cm³/mol. The number of nitrogens with one attached hydrogen (secondary N) is 1. The molecule has 1 amide bonds. The summed E-state index contributed by atoms with van der Waals surface area (Å²) in [6, 6.07) is 6.77. The first kappa shape index (κ1) is 13.3. The molecule has 3 nitrogen and oxygen atoms in total. The molecule has 1 N–H and O–H groups in total. The van der Waals surface area contributed by atoms with E-state index in [1.54, 1.807) is 12.1 Å². The third-order valence-electron chi connectivity index (χ3n) is 5.59. The maximum absolute atomic E-state index is 14.0. The first-order valence-electron chi connectivity index (χ1n) is 7.99. The summed E-state index contributed by atoms with van der Waals surface area (Å²) in [5.74, 6) is 2.14. The Labute approximate surface area is 124 Å². The van der Waals surface area contributed by atoms with E-state index in [4.69, 9.17) is 0 Å². The van der Waals surface area contributed by atoms with Crippen molar-refractivity contribution in [2.75, 3.05) is 13.1 Å².